The number of carbonyl (C=O) groups excluding carboxylic acids is 2. The van der Waals surface area contributed by atoms with Crippen LogP contribution in [-0.2, 0) is 11.3 Å². The van der Waals surface area contributed by atoms with Crippen molar-refractivity contribution < 1.29 is 19.5 Å². The molecule has 2 atom stereocenters. The standard InChI is InChI=1S/C17H21N3O4/c18-14(21)12-4-1-3-11(7-12)8-19-16(24)20-9-13-5-2-6-17(13,10-20)15(22)23/h1,3-4,7,13H,2,5-6,8-10H2,(H2,18,21)(H,19,24)(H,22,23)/t13-,17+/m0/s1. The third-order valence-corrected chi connectivity index (χ3v) is 5.24. The summed E-state index contributed by atoms with van der Waals surface area (Å²) in [6.45, 7) is 1.01. The Balaban J connectivity index is 1.61. The first-order valence-corrected chi connectivity index (χ1v) is 8.07. The first kappa shape index (κ1) is 16.3. The van der Waals surface area contributed by atoms with Gasteiger partial charge in [-0.15, -0.1) is 0 Å². The highest BCUT2D eigenvalue weighted by Gasteiger charge is 2.55. The molecule has 1 aliphatic heterocycles. The van der Waals surface area contributed by atoms with E-state index < -0.39 is 17.3 Å². The molecule has 128 valence electrons. The van der Waals surface area contributed by atoms with Crippen LogP contribution in [0.25, 0.3) is 0 Å². The lowest BCUT2D eigenvalue weighted by Gasteiger charge is -2.23. The molecule has 7 heteroatoms. The second-order valence-electron chi connectivity index (χ2n) is 6.65. The Kier molecular flexibility index (Phi) is 4.17. The molecule has 3 rings (SSSR count). The predicted octanol–water partition coefficient (Wildman–Crippen LogP) is 1.18. The number of nitrogens with zero attached hydrogens (tertiary/aromatic N) is 1. The van der Waals surface area contributed by atoms with Gasteiger partial charge in [0.1, 0.15) is 0 Å². The Morgan fingerprint density at radius 3 is 2.83 bits per heavy atom. The molecule has 1 aliphatic carbocycles. The lowest BCUT2D eigenvalue weighted by atomic mass is 9.81. The van der Waals surface area contributed by atoms with E-state index in [-0.39, 0.29) is 25.0 Å². The van der Waals surface area contributed by atoms with E-state index in [4.69, 9.17) is 5.73 Å². The van der Waals surface area contributed by atoms with E-state index in [1.165, 1.54) is 0 Å². The molecule has 3 amide bonds. The Bertz CT molecular complexity index is 690. The van der Waals surface area contributed by atoms with Gasteiger partial charge in [0.05, 0.1) is 5.41 Å². The molecule has 1 aromatic rings. The first-order chi connectivity index (χ1) is 11.4. The molecule has 0 aromatic heterocycles. The van der Waals surface area contributed by atoms with Crippen LogP contribution in [0.3, 0.4) is 0 Å². The van der Waals surface area contributed by atoms with Gasteiger partial charge in [-0.3, -0.25) is 9.59 Å². The minimum absolute atomic E-state index is 0.0407. The molecule has 1 saturated heterocycles. The summed E-state index contributed by atoms with van der Waals surface area (Å²) in [5, 5.41) is 12.4. The van der Waals surface area contributed by atoms with Gasteiger partial charge in [0.25, 0.3) is 0 Å². The number of rotatable bonds is 4. The molecule has 2 fully saturated rings. The van der Waals surface area contributed by atoms with Crippen LogP contribution in [-0.4, -0.2) is 41.0 Å². The van der Waals surface area contributed by atoms with E-state index >= 15 is 0 Å². The van der Waals surface area contributed by atoms with Crippen molar-refractivity contribution in [3.8, 4) is 0 Å². The summed E-state index contributed by atoms with van der Waals surface area (Å²) in [6.07, 6.45) is 2.40. The number of carboxylic acid groups (broad SMARTS) is 1. The summed E-state index contributed by atoms with van der Waals surface area (Å²) in [7, 11) is 0. The number of carboxylic acids is 1. The highest BCUT2D eigenvalue weighted by molar-refractivity contribution is 5.92. The molecule has 0 radical (unpaired) electrons. The molecule has 0 unspecified atom stereocenters. The van der Waals surface area contributed by atoms with Crippen molar-refractivity contribution in [3.63, 3.8) is 0 Å². The number of hydrogen-bond donors (Lipinski definition) is 3. The molecule has 2 aliphatic rings. The predicted molar refractivity (Wildman–Crippen MR) is 86.2 cm³/mol. The van der Waals surface area contributed by atoms with Crippen molar-refractivity contribution in [1.29, 1.82) is 0 Å². The molecule has 7 nitrogen and oxygen atoms in total. The van der Waals surface area contributed by atoms with Gasteiger partial charge in [-0.05, 0) is 36.5 Å². The number of amides is 3. The van der Waals surface area contributed by atoms with Gasteiger partial charge < -0.3 is 21.1 Å². The zero-order chi connectivity index (χ0) is 17.3. The van der Waals surface area contributed by atoms with Crippen LogP contribution in [0.5, 0.6) is 0 Å². The number of aliphatic carboxylic acids is 1. The number of nitrogens with two attached hydrogens (primary N) is 1. The van der Waals surface area contributed by atoms with Crippen molar-refractivity contribution >= 4 is 17.9 Å². The quantitative estimate of drug-likeness (QED) is 0.769. The number of urea groups is 1. The van der Waals surface area contributed by atoms with Crippen LogP contribution in [0.15, 0.2) is 24.3 Å². The molecular weight excluding hydrogens is 310 g/mol. The largest absolute Gasteiger partial charge is 0.481 e. The van der Waals surface area contributed by atoms with Gasteiger partial charge in [-0.2, -0.15) is 0 Å². The van der Waals surface area contributed by atoms with Gasteiger partial charge in [-0.25, -0.2) is 4.79 Å². The Morgan fingerprint density at radius 2 is 2.17 bits per heavy atom. The van der Waals surface area contributed by atoms with Crippen LogP contribution in [0.1, 0.15) is 35.2 Å². The second-order valence-corrected chi connectivity index (χ2v) is 6.65. The van der Waals surface area contributed by atoms with E-state index in [9.17, 15) is 19.5 Å². The highest BCUT2D eigenvalue weighted by atomic mass is 16.4. The van der Waals surface area contributed by atoms with Crippen LogP contribution in [0, 0.1) is 11.3 Å². The Hall–Kier alpha value is -2.57. The fourth-order valence-corrected chi connectivity index (χ4v) is 3.92. The average molecular weight is 331 g/mol. The van der Waals surface area contributed by atoms with Crippen molar-refractivity contribution in [2.45, 2.75) is 25.8 Å². The molecule has 1 heterocycles. The normalized spacial score (nSPS) is 25.3. The fraction of sp³-hybridized carbons (Fsp3) is 0.471. The van der Waals surface area contributed by atoms with E-state index in [0.29, 0.717) is 18.5 Å². The van der Waals surface area contributed by atoms with E-state index in [0.717, 1.165) is 18.4 Å². The van der Waals surface area contributed by atoms with E-state index in [2.05, 4.69) is 5.32 Å². The topological polar surface area (TPSA) is 113 Å². The number of carbonyl (C=O) groups is 3. The van der Waals surface area contributed by atoms with E-state index in [1.54, 1.807) is 29.2 Å². The van der Waals surface area contributed by atoms with Crippen LogP contribution in [0.4, 0.5) is 4.79 Å². The second kappa shape index (κ2) is 6.14. The zero-order valence-electron chi connectivity index (χ0n) is 13.3. The van der Waals surface area contributed by atoms with E-state index in [1.807, 2.05) is 0 Å². The lowest BCUT2D eigenvalue weighted by molar-refractivity contribution is -0.149. The number of primary amides is 1. The van der Waals surface area contributed by atoms with Gasteiger partial charge >= 0.3 is 12.0 Å². The smallest absolute Gasteiger partial charge is 0.317 e. The number of fused-ring (bicyclic) bond motifs is 1. The molecular formula is C17H21N3O4. The lowest BCUT2D eigenvalue weighted by Crippen LogP contribution is -2.41. The molecule has 1 aromatic carbocycles. The van der Waals surface area contributed by atoms with Crippen LogP contribution >= 0.6 is 0 Å². The zero-order valence-corrected chi connectivity index (χ0v) is 13.3. The fourth-order valence-electron chi connectivity index (χ4n) is 3.92. The highest BCUT2D eigenvalue weighted by Crippen LogP contribution is 2.48. The number of likely N-dealkylation sites (tertiary alicyclic amines) is 1. The minimum atomic E-state index is -0.797. The van der Waals surface area contributed by atoms with Gasteiger partial charge in [-0.1, -0.05) is 18.6 Å². The minimum Gasteiger partial charge on any atom is -0.481 e. The number of benzene rings is 1. The SMILES string of the molecule is NC(=O)c1cccc(CNC(=O)N2C[C@@H]3CCC[C@@]3(C(=O)O)C2)c1. The maximum atomic E-state index is 12.4. The molecule has 1 saturated carbocycles. The molecule has 0 spiro atoms. The Morgan fingerprint density at radius 1 is 1.38 bits per heavy atom. The van der Waals surface area contributed by atoms with Crippen LogP contribution < -0.4 is 11.1 Å². The van der Waals surface area contributed by atoms with Crippen LogP contribution in [0.2, 0.25) is 0 Å². The van der Waals surface area contributed by atoms with Crippen molar-refractivity contribution in [3.05, 3.63) is 35.4 Å². The van der Waals surface area contributed by atoms with Gasteiger partial charge in [0.2, 0.25) is 5.91 Å². The summed E-state index contributed by atoms with van der Waals surface area (Å²) in [5.74, 6) is -1.27. The summed E-state index contributed by atoms with van der Waals surface area (Å²) < 4.78 is 0. The average Bonchev–Trinajstić information content (AvgIpc) is 3.11. The van der Waals surface area contributed by atoms with Crippen molar-refractivity contribution in [1.82, 2.24) is 10.2 Å². The third kappa shape index (κ3) is 2.81. The van der Waals surface area contributed by atoms with Crippen molar-refractivity contribution in [2.75, 3.05) is 13.1 Å². The summed E-state index contributed by atoms with van der Waals surface area (Å²) >= 11 is 0. The maximum absolute atomic E-state index is 12.4. The molecule has 24 heavy (non-hydrogen) atoms. The monoisotopic (exact) mass is 331 g/mol. The maximum Gasteiger partial charge on any atom is 0.317 e. The van der Waals surface area contributed by atoms with Gasteiger partial charge in [0.15, 0.2) is 0 Å². The first-order valence-electron chi connectivity index (χ1n) is 8.07. The number of nitrogens with one attached hydrogen (secondary N) is 1. The van der Waals surface area contributed by atoms with Crippen molar-refractivity contribution in [2.24, 2.45) is 17.1 Å². The third-order valence-electron chi connectivity index (χ3n) is 5.24. The Labute approximate surface area is 139 Å². The summed E-state index contributed by atoms with van der Waals surface area (Å²) in [6, 6.07) is 6.49. The molecule has 4 N–H and O–H groups in total. The molecule has 0 bridgehead atoms. The van der Waals surface area contributed by atoms with Gasteiger partial charge in [0, 0.05) is 25.2 Å². The summed E-state index contributed by atoms with van der Waals surface area (Å²) in [4.78, 5) is 36.8. The summed E-state index contributed by atoms with van der Waals surface area (Å²) in [5.41, 5.74) is 5.63. The number of hydrogen-bond acceptors (Lipinski definition) is 3.